The minimum atomic E-state index is -1.53. The molecule has 11 N–H and O–H groups in total. The second-order valence-corrected chi connectivity index (χ2v) is 12.4. The molecule has 0 bridgehead atoms. The van der Waals surface area contributed by atoms with E-state index in [0.717, 1.165) is 42.5 Å². The number of benzene rings is 4. The van der Waals surface area contributed by atoms with Gasteiger partial charge in [-0.25, -0.2) is 4.79 Å². The Balaban J connectivity index is 1.42. The van der Waals surface area contributed by atoms with Crippen LogP contribution in [0.15, 0.2) is 59.4 Å². The molecule has 0 spiro atoms. The lowest BCUT2D eigenvalue weighted by atomic mass is 9.90. The maximum Gasteiger partial charge on any atom is 0.338 e. The van der Waals surface area contributed by atoms with Crippen LogP contribution in [0.3, 0.4) is 0 Å². The highest BCUT2D eigenvalue weighted by molar-refractivity contribution is 5.94. The summed E-state index contributed by atoms with van der Waals surface area (Å²) in [6.07, 6.45) is -6.28. The van der Waals surface area contributed by atoms with E-state index >= 15 is 0 Å². The van der Waals surface area contributed by atoms with E-state index in [-0.39, 0.29) is 63.5 Å². The van der Waals surface area contributed by atoms with Gasteiger partial charge in [0.1, 0.15) is 46.7 Å². The zero-order valence-electron chi connectivity index (χ0n) is 26.4. The number of carbonyl (C=O) groups is 1. The predicted molar refractivity (Wildman–Crippen MR) is 176 cm³/mol. The zero-order chi connectivity index (χ0) is 37.3. The average Bonchev–Trinajstić information content (AvgIpc) is 3.20. The number of aromatic hydroxyl groups is 10. The standard InChI is InChI=1S/C36H28O16/c37-14-5-20(39)18-10-26(45)34(50-27(18)7-14)12-1-16-17(9-25(44)33(48)30(16)32(47)24(43)2-12)35-29(11-19-21(40)6-15(38)8-28(19)51-35)52-36(49)13-3-22(41)31(46)23(42)4-13/h1-9,26,29,34-35,37-42,44-46,48H,10-11H2,(H,43,47)/t26-,29+,34+,35+/m0/s1. The number of rotatable bonds is 4. The first kappa shape index (κ1) is 33.6. The number of phenolic OH excluding ortho intramolecular Hbond substituents is 9. The van der Waals surface area contributed by atoms with E-state index in [0.29, 0.717) is 0 Å². The van der Waals surface area contributed by atoms with Gasteiger partial charge in [-0.15, -0.1) is 0 Å². The van der Waals surface area contributed by atoms with E-state index in [1.807, 2.05) is 0 Å². The fourth-order valence-corrected chi connectivity index (χ4v) is 6.53. The Morgan fingerprint density at radius 2 is 1.17 bits per heavy atom. The molecule has 2 aliphatic heterocycles. The van der Waals surface area contributed by atoms with Crippen LogP contribution in [-0.4, -0.2) is 74.3 Å². The van der Waals surface area contributed by atoms with Crippen LogP contribution in [0.5, 0.6) is 69.0 Å². The van der Waals surface area contributed by atoms with Gasteiger partial charge in [-0.05, 0) is 41.3 Å². The molecule has 268 valence electrons. The summed E-state index contributed by atoms with van der Waals surface area (Å²) < 4.78 is 17.8. The molecule has 5 aromatic rings. The normalized spacial score (nSPS) is 19.2. The van der Waals surface area contributed by atoms with Crippen LogP contribution >= 0.6 is 0 Å². The van der Waals surface area contributed by atoms with E-state index in [2.05, 4.69) is 0 Å². The van der Waals surface area contributed by atoms with Crippen molar-refractivity contribution >= 4 is 16.7 Å². The molecule has 16 nitrogen and oxygen atoms in total. The molecule has 0 amide bonds. The molecule has 2 aliphatic rings. The van der Waals surface area contributed by atoms with Gasteiger partial charge in [-0.1, -0.05) is 0 Å². The number of hydrogen-bond donors (Lipinski definition) is 11. The molecule has 2 heterocycles. The zero-order valence-corrected chi connectivity index (χ0v) is 26.4. The molecular weight excluding hydrogens is 688 g/mol. The first-order valence-electron chi connectivity index (χ1n) is 15.4. The van der Waals surface area contributed by atoms with Crippen LogP contribution in [0.1, 0.15) is 44.8 Å². The summed E-state index contributed by atoms with van der Waals surface area (Å²) in [5.41, 5.74) is -1.59. The first-order chi connectivity index (χ1) is 24.6. The van der Waals surface area contributed by atoms with Gasteiger partial charge in [0.05, 0.1) is 17.1 Å². The maximum absolute atomic E-state index is 13.6. The monoisotopic (exact) mass is 716 g/mol. The summed E-state index contributed by atoms with van der Waals surface area (Å²) >= 11 is 0. The van der Waals surface area contributed by atoms with Crippen molar-refractivity contribution in [2.45, 2.75) is 37.3 Å². The van der Waals surface area contributed by atoms with Crippen molar-refractivity contribution in [1.29, 1.82) is 0 Å². The Labute approximate surface area is 290 Å². The van der Waals surface area contributed by atoms with Crippen molar-refractivity contribution in [3.8, 4) is 69.0 Å². The second kappa shape index (κ2) is 12.1. The van der Waals surface area contributed by atoms with Gasteiger partial charge in [0, 0.05) is 53.8 Å². The van der Waals surface area contributed by atoms with Crippen LogP contribution in [0.4, 0.5) is 0 Å². The van der Waals surface area contributed by atoms with Crippen LogP contribution < -0.4 is 14.9 Å². The third kappa shape index (κ3) is 5.56. The molecule has 16 heteroatoms. The van der Waals surface area contributed by atoms with Gasteiger partial charge in [-0.3, -0.25) is 4.79 Å². The smallest absolute Gasteiger partial charge is 0.338 e. The van der Waals surface area contributed by atoms with E-state index in [4.69, 9.17) is 14.2 Å². The molecule has 0 saturated carbocycles. The number of fused-ring (bicyclic) bond motifs is 3. The number of hydrogen-bond acceptors (Lipinski definition) is 16. The number of ether oxygens (including phenoxy) is 3. The van der Waals surface area contributed by atoms with Crippen molar-refractivity contribution in [2.24, 2.45) is 0 Å². The molecule has 4 atom stereocenters. The van der Waals surface area contributed by atoms with Crippen LogP contribution in [-0.2, 0) is 17.6 Å². The predicted octanol–water partition coefficient (Wildman–Crippen LogP) is 3.19. The molecule has 7 rings (SSSR count). The number of carbonyl (C=O) groups excluding carboxylic acids is 1. The summed E-state index contributed by atoms with van der Waals surface area (Å²) in [6.45, 7) is 0. The van der Waals surface area contributed by atoms with Crippen LogP contribution in [0.2, 0.25) is 0 Å². The number of aliphatic hydroxyl groups is 1. The lowest BCUT2D eigenvalue weighted by Crippen LogP contribution is -2.35. The lowest BCUT2D eigenvalue weighted by molar-refractivity contribution is -0.0184. The SMILES string of the molecule is O=C(O[C@@H]1Cc2c(O)cc(O)cc2O[C@@H]1c1cc(O)c(O)c2c(=O)c(O)cc([C@H]3Oc4cc(O)cc(O)c4C[C@@H]3O)cc12)c1cc(O)c(O)c(O)c1. The molecule has 0 saturated heterocycles. The van der Waals surface area contributed by atoms with Crippen molar-refractivity contribution in [1.82, 2.24) is 0 Å². The van der Waals surface area contributed by atoms with Crippen molar-refractivity contribution in [3.63, 3.8) is 0 Å². The van der Waals surface area contributed by atoms with Gasteiger partial charge in [0.2, 0.25) is 5.43 Å². The highest BCUT2D eigenvalue weighted by Gasteiger charge is 2.39. The third-order valence-electron chi connectivity index (χ3n) is 8.98. The van der Waals surface area contributed by atoms with Gasteiger partial charge >= 0.3 is 5.97 Å². The third-order valence-corrected chi connectivity index (χ3v) is 8.98. The first-order valence-corrected chi connectivity index (χ1v) is 15.4. The average molecular weight is 717 g/mol. The van der Waals surface area contributed by atoms with E-state index in [9.17, 15) is 65.8 Å². The Morgan fingerprint density at radius 3 is 1.79 bits per heavy atom. The van der Waals surface area contributed by atoms with E-state index in [1.165, 1.54) is 12.1 Å². The quantitative estimate of drug-likeness (QED) is 0.0940. The molecule has 0 fully saturated rings. The summed E-state index contributed by atoms with van der Waals surface area (Å²) in [6, 6.07) is 9.20. The van der Waals surface area contributed by atoms with Crippen molar-refractivity contribution in [3.05, 3.63) is 92.6 Å². The van der Waals surface area contributed by atoms with Crippen molar-refractivity contribution < 1.29 is 75.2 Å². The molecule has 0 radical (unpaired) electrons. The molecule has 5 aromatic carbocycles. The fraction of sp³-hybridized carbons (Fsp3) is 0.167. The van der Waals surface area contributed by atoms with Crippen LogP contribution in [0, 0.1) is 0 Å². The van der Waals surface area contributed by atoms with Crippen molar-refractivity contribution in [2.75, 3.05) is 0 Å². The fourth-order valence-electron chi connectivity index (χ4n) is 6.53. The molecule has 0 unspecified atom stereocenters. The van der Waals surface area contributed by atoms with Gasteiger partial charge in [-0.2, -0.15) is 0 Å². The second-order valence-electron chi connectivity index (χ2n) is 12.4. The molecular formula is C36H28O16. The van der Waals surface area contributed by atoms with E-state index < -0.39 is 92.8 Å². The topological polar surface area (TPSA) is 284 Å². The summed E-state index contributed by atoms with van der Waals surface area (Å²) in [4.78, 5) is 27.0. The molecule has 0 aromatic heterocycles. The maximum atomic E-state index is 13.6. The lowest BCUT2D eigenvalue weighted by Gasteiger charge is -2.34. The Hall–Kier alpha value is -6.94. The number of phenols is 9. The van der Waals surface area contributed by atoms with Gasteiger partial charge < -0.3 is 70.4 Å². The highest BCUT2D eigenvalue weighted by Crippen LogP contribution is 2.48. The molecule has 0 aliphatic carbocycles. The minimum Gasteiger partial charge on any atom is -0.508 e. The summed E-state index contributed by atoms with van der Waals surface area (Å²) in [5.74, 6) is -8.24. The summed E-state index contributed by atoms with van der Waals surface area (Å²) in [5, 5.41) is 114. The number of aliphatic hydroxyl groups excluding tert-OH is 1. The Bertz CT molecular complexity index is 2370. The van der Waals surface area contributed by atoms with Gasteiger partial charge in [0.25, 0.3) is 0 Å². The van der Waals surface area contributed by atoms with E-state index in [1.54, 1.807) is 0 Å². The minimum absolute atomic E-state index is 0.0173. The summed E-state index contributed by atoms with van der Waals surface area (Å²) in [7, 11) is 0. The molecule has 52 heavy (non-hydrogen) atoms. The number of esters is 1. The Morgan fingerprint density at radius 1 is 0.615 bits per heavy atom. The Kier molecular flexibility index (Phi) is 7.83. The highest BCUT2D eigenvalue weighted by atomic mass is 16.6. The largest absolute Gasteiger partial charge is 0.508 e. The van der Waals surface area contributed by atoms with Gasteiger partial charge in [0.15, 0.2) is 40.6 Å². The van der Waals surface area contributed by atoms with Crippen LogP contribution in [0.25, 0.3) is 10.8 Å².